The van der Waals surface area contributed by atoms with Gasteiger partial charge in [-0.05, 0) is 30.3 Å². The van der Waals surface area contributed by atoms with E-state index < -0.39 is 29.6 Å². The summed E-state index contributed by atoms with van der Waals surface area (Å²) in [5.41, 5.74) is 1.52. The smallest absolute Gasteiger partial charge is 0.376 e. The summed E-state index contributed by atoms with van der Waals surface area (Å²) in [7, 11) is 5.36. The molecule has 0 aliphatic rings. The van der Waals surface area contributed by atoms with E-state index in [1.54, 1.807) is 36.4 Å². The van der Waals surface area contributed by atoms with Crippen LogP contribution in [-0.2, 0) is 21.5 Å². The van der Waals surface area contributed by atoms with Crippen LogP contribution < -0.4 is 20.6 Å². The summed E-state index contributed by atoms with van der Waals surface area (Å²) in [5, 5.41) is 9.88. The summed E-state index contributed by atoms with van der Waals surface area (Å²) in [6, 6.07) is 4.58. The number of hydroxylamine groups is 1. The molecule has 16 heteroatoms. The minimum Gasteiger partial charge on any atom is -0.376 e. The van der Waals surface area contributed by atoms with Gasteiger partial charge in [-0.15, -0.1) is 5.06 Å². The van der Waals surface area contributed by atoms with Gasteiger partial charge in [0, 0.05) is 50.9 Å². The second-order valence-electron chi connectivity index (χ2n) is 8.81. The highest BCUT2D eigenvalue weighted by Gasteiger charge is 2.43. The molecule has 0 unspecified atom stereocenters. The fourth-order valence-corrected chi connectivity index (χ4v) is 3.49. The summed E-state index contributed by atoms with van der Waals surface area (Å²) < 4.78 is 55.2. The van der Waals surface area contributed by atoms with Crippen LogP contribution in [0.5, 0.6) is 0 Å². The minimum atomic E-state index is -5.40. The molecule has 1 amide bonds. The summed E-state index contributed by atoms with van der Waals surface area (Å²) in [5.74, 6) is -4.56. The van der Waals surface area contributed by atoms with E-state index in [0.717, 1.165) is 23.9 Å². The Morgan fingerprint density at radius 3 is 2.48 bits per heavy atom. The SMILES string of the molecule is C=CC(=O)N(OC(=O)C(F)(F)F)c1ccc(F)c(Nc2nc(Nc3cnn(C)c3)ncc2-c2cncc(N(C)C)c2)c1. The van der Waals surface area contributed by atoms with Crippen LogP contribution >= 0.6 is 0 Å². The molecule has 3 heterocycles. The highest BCUT2D eigenvalue weighted by Crippen LogP contribution is 2.33. The molecule has 0 aliphatic heterocycles. The molecule has 0 bridgehead atoms. The molecule has 218 valence electrons. The van der Waals surface area contributed by atoms with Crippen LogP contribution in [0.3, 0.4) is 0 Å². The van der Waals surface area contributed by atoms with Gasteiger partial charge >= 0.3 is 12.1 Å². The Morgan fingerprint density at radius 1 is 1.07 bits per heavy atom. The van der Waals surface area contributed by atoms with Gasteiger partial charge in [0.1, 0.15) is 11.6 Å². The lowest BCUT2D eigenvalue weighted by Gasteiger charge is -2.21. The molecule has 0 atom stereocenters. The predicted molar refractivity (Wildman–Crippen MR) is 146 cm³/mol. The van der Waals surface area contributed by atoms with Crippen molar-refractivity contribution in [2.45, 2.75) is 6.18 Å². The van der Waals surface area contributed by atoms with Crippen LogP contribution in [0.15, 0.2) is 67.9 Å². The number of pyridine rings is 1. The second-order valence-corrected chi connectivity index (χ2v) is 8.81. The van der Waals surface area contributed by atoms with E-state index in [-0.39, 0.29) is 22.5 Å². The van der Waals surface area contributed by atoms with E-state index >= 15 is 4.39 Å². The number of halogens is 4. The molecule has 3 aromatic heterocycles. The van der Waals surface area contributed by atoms with Crippen molar-refractivity contribution < 1.29 is 32.0 Å². The lowest BCUT2D eigenvalue weighted by molar-refractivity contribution is -0.201. The molecular weight excluding hydrogens is 562 g/mol. The van der Waals surface area contributed by atoms with E-state index in [2.05, 4.69) is 42.1 Å². The van der Waals surface area contributed by atoms with Gasteiger partial charge in [0.15, 0.2) is 0 Å². The molecule has 0 radical (unpaired) electrons. The number of amides is 1. The fraction of sp³-hybridized carbons (Fsp3) is 0.154. The van der Waals surface area contributed by atoms with Crippen molar-refractivity contribution in [3.63, 3.8) is 0 Å². The lowest BCUT2D eigenvalue weighted by atomic mass is 10.1. The van der Waals surface area contributed by atoms with Gasteiger partial charge in [-0.2, -0.15) is 23.3 Å². The Hall–Kier alpha value is -5.54. The molecule has 1 aromatic carbocycles. The predicted octanol–water partition coefficient (Wildman–Crippen LogP) is 4.50. The van der Waals surface area contributed by atoms with Gasteiger partial charge < -0.3 is 20.4 Å². The van der Waals surface area contributed by atoms with Gasteiger partial charge in [0.2, 0.25) is 5.95 Å². The third kappa shape index (κ3) is 6.78. The monoisotopic (exact) mass is 585 g/mol. The number of nitrogens with one attached hydrogen (secondary N) is 2. The molecule has 0 spiro atoms. The Morgan fingerprint density at radius 2 is 1.83 bits per heavy atom. The first-order valence-corrected chi connectivity index (χ1v) is 11.9. The van der Waals surface area contributed by atoms with Gasteiger partial charge in [-0.25, -0.2) is 14.2 Å². The van der Waals surface area contributed by atoms with E-state index in [0.29, 0.717) is 22.9 Å². The van der Waals surface area contributed by atoms with Crippen molar-refractivity contribution in [3.05, 3.63) is 73.7 Å². The zero-order valence-corrected chi connectivity index (χ0v) is 22.3. The number of benzene rings is 1. The molecule has 0 fully saturated rings. The highest BCUT2D eigenvalue weighted by molar-refractivity contribution is 6.01. The second kappa shape index (κ2) is 11.9. The van der Waals surface area contributed by atoms with Crippen LogP contribution in [0.2, 0.25) is 0 Å². The van der Waals surface area contributed by atoms with E-state index in [4.69, 9.17) is 0 Å². The summed E-state index contributed by atoms with van der Waals surface area (Å²) in [4.78, 5) is 42.9. The first kappa shape index (κ1) is 29.4. The topological polar surface area (TPSA) is 130 Å². The van der Waals surface area contributed by atoms with E-state index in [9.17, 15) is 22.8 Å². The molecule has 0 saturated heterocycles. The van der Waals surface area contributed by atoms with Gasteiger partial charge in [-0.3, -0.25) is 14.5 Å². The Labute approximate surface area is 236 Å². The number of alkyl halides is 3. The van der Waals surface area contributed by atoms with Crippen molar-refractivity contribution in [2.24, 2.45) is 7.05 Å². The molecule has 4 rings (SSSR count). The van der Waals surface area contributed by atoms with Crippen molar-refractivity contribution in [1.82, 2.24) is 24.7 Å². The number of hydrogen-bond donors (Lipinski definition) is 2. The zero-order chi connectivity index (χ0) is 30.6. The first-order valence-electron chi connectivity index (χ1n) is 11.9. The van der Waals surface area contributed by atoms with Crippen LogP contribution in [0.25, 0.3) is 11.1 Å². The maximum absolute atomic E-state index is 15.0. The fourth-order valence-electron chi connectivity index (χ4n) is 3.49. The molecule has 4 aromatic rings. The molecule has 2 N–H and O–H groups in total. The molecular formula is C26H23F4N9O3. The van der Waals surface area contributed by atoms with Crippen molar-refractivity contribution in [3.8, 4) is 11.1 Å². The van der Waals surface area contributed by atoms with E-state index in [1.165, 1.54) is 12.4 Å². The van der Waals surface area contributed by atoms with Crippen molar-refractivity contribution >= 4 is 46.4 Å². The number of carbonyl (C=O) groups is 2. The third-order valence-electron chi connectivity index (χ3n) is 5.52. The molecule has 42 heavy (non-hydrogen) atoms. The summed E-state index contributed by atoms with van der Waals surface area (Å²) in [6.45, 7) is 3.20. The Kier molecular flexibility index (Phi) is 8.35. The van der Waals surface area contributed by atoms with Gasteiger partial charge in [0.25, 0.3) is 5.91 Å². The minimum absolute atomic E-state index is 0.0498. The van der Waals surface area contributed by atoms with Crippen molar-refractivity contribution in [2.75, 3.05) is 34.7 Å². The third-order valence-corrected chi connectivity index (χ3v) is 5.52. The van der Waals surface area contributed by atoms with Crippen LogP contribution in [0, 0.1) is 5.82 Å². The quantitative estimate of drug-likeness (QED) is 0.173. The number of carbonyl (C=O) groups excluding carboxylic acids is 2. The first-order chi connectivity index (χ1) is 19.8. The van der Waals surface area contributed by atoms with Crippen LogP contribution in [-0.4, -0.2) is 56.9 Å². The number of nitrogens with zero attached hydrogens (tertiary/aromatic N) is 7. The maximum Gasteiger partial charge on any atom is 0.493 e. The number of rotatable bonds is 8. The maximum atomic E-state index is 15.0. The number of anilines is 6. The molecule has 12 nitrogen and oxygen atoms in total. The molecule has 0 saturated carbocycles. The summed E-state index contributed by atoms with van der Waals surface area (Å²) in [6.07, 6.45) is 3.07. The standard InChI is InChI=1S/C26H23F4N9O3/c1-5-22(40)39(42-24(41)26(28,29)30)17-6-7-20(27)21(9-17)35-23-19(15-8-18(37(2)3)12-31-10-15)13-32-25(36-23)34-16-11-33-38(4)14-16/h5-14H,1H2,2-4H3,(H2,32,34,35,36). The average molecular weight is 586 g/mol. The van der Waals surface area contributed by atoms with Gasteiger partial charge in [0.05, 0.1) is 35.1 Å². The zero-order valence-electron chi connectivity index (χ0n) is 22.3. The Bertz CT molecular complexity index is 1640. The number of hydrogen-bond acceptors (Lipinski definition) is 10. The normalized spacial score (nSPS) is 11.0. The van der Waals surface area contributed by atoms with Crippen molar-refractivity contribution in [1.29, 1.82) is 0 Å². The highest BCUT2D eigenvalue weighted by atomic mass is 19.4. The largest absolute Gasteiger partial charge is 0.493 e. The van der Waals surface area contributed by atoms with Gasteiger partial charge in [-0.1, -0.05) is 6.58 Å². The number of aryl methyl sites for hydroxylation is 1. The lowest BCUT2D eigenvalue weighted by Crippen LogP contribution is -2.38. The van der Waals surface area contributed by atoms with E-state index in [1.807, 2.05) is 19.0 Å². The van der Waals surface area contributed by atoms with Crippen LogP contribution in [0.4, 0.5) is 52.1 Å². The Balaban J connectivity index is 1.78. The average Bonchev–Trinajstić information content (AvgIpc) is 3.36. The van der Waals surface area contributed by atoms with Crippen LogP contribution in [0.1, 0.15) is 0 Å². The molecule has 0 aliphatic carbocycles. The number of aromatic nitrogens is 5. The summed E-state index contributed by atoms with van der Waals surface area (Å²) >= 11 is 0.